The summed E-state index contributed by atoms with van der Waals surface area (Å²) in [5.74, 6) is -3.15. The SMILES string of the molecule is O=C(NCCN1CCCS1(=O)=O)C1CCCCC1C(F)(F)F. The van der Waals surface area contributed by atoms with Crippen molar-refractivity contribution in [1.29, 1.82) is 0 Å². The fourth-order valence-corrected chi connectivity index (χ4v) is 4.74. The molecule has 1 saturated carbocycles. The summed E-state index contributed by atoms with van der Waals surface area (Å²) in [7, 11) is -3.24. The van der Waals surface area contributed by atoms with Crippen molar-refractivity contribution in [3.05, 3.63) is 0 Å². The Labute approximate surface area is 128 Å². The number of carbonyl (C=O) groups is 1. The fourth-order valence-electron chi connectivity index (χ4n) is 3.21. The predicted molar refractivity (Wildman–Crippen MR) is 74.5 cm³/mol. The monoisotopic (exact) mass is 342 g/mol. The van der Waals surface area contributed by atoms with Gasteiger partial charge in [0.05, 0.1) is 11.7 Å². The average molecular weight is 342 g/mol. The smallest absolute Gasteiger partial charge is 0.355 e. The van der Waals surface area contributed by atoms with Gasteiger partial charge in [0.15, 0.2) is 0 Å². The summed E-state index contributed by atoms with van der Waals surface area (Å²) in [4.78, 5) is 12.0. The molecular weight excluding hydrogens is 321 g/mol. The number of alkyl halides is 3. The molecule has 1 N–H and O–H groups in total. The summed E-state index contributed by atoms with van der Waals surface area (Å²) in [6.07, 6.45) is -2.49. The molecule has 2 rings (SSSR count). The summed E-state index contributed by atoms with van der Waals surface area (Å²) in [5.41, 5.74) is 0. The lowest BCUT2D eigenvalue weighted by Crippen LogP contribution is -2.44. The van der Waals surface area contributed by atoms with Gasteiger partial charge in [-0.1, -0.05) is 12.8 Å². The van der Waals surface area contributed by atoms with E-state index in [2.05, 4.69) is 5.32 Å². The van der Waals surface area contributed by atoms with Crippen LogP contribution in [0.1, 0.15) is 32.1 Å². The predicted octanol–water partition coefficient (Wildman–Crippen LogP) is 1.51. The van der Waals surface area contributed by atoms with Crippen LogP contribution in [0.2, 0.25) is 0 Å². The van der Waals surface area contributed by atoms with Gasteiger partial charge in [-0.15, -0.1) is 0 Å². The van der Waals surface area contributed by atoms with E-state index in [1.165, 1.54) is 4.31 Å². The van der Waals surface area contributed by atoms with Crippen LogP contribution in [0.25, 0.3) is 0 Å². The lowest BCUT2D eigenvalue weighted by atomic mass is 9.78. The van der Waals surface area contributed by atoms with Crippen LogP contribution in [-0.4, -0.2) is 50.2 Å². The summed E-state index contributed by atoms with van der Waals surface area (Å²) >= 11 is 0. The van der Waals surface area contributed by atoms with Crippen molar-refractivity contribution >= 4 is 15.9 Å². The van der Waals surface area contributed by atoms with E-state index >= 15 is 0 Å². The third-order valence-electron chi connectivity index (χ3n) is 4.39. The van der Waals surface area contributed by atoms with Gasteiger partial charge < -0.3 is 5.32 Å². The van der Waals surface area contributed by atoms with Crippen LogP contribution in [0.4, 0.5) is 13.2 Å². The minimum Gasteiger partial charge on any atom is -0.355 e. The molecule has 2 aliphatic rings. The van der Waals surface area contributed by atoms with E-state index in [0.29, 0.717) is 25.8 Å². The van der Waals surface area contributed by atoms with E-state index in [1.807, 2.05) is 0 Å². The number of hydrogen-bond donors (Lipinski definition) is 1. The molecule has 9 heteroatoms. The van der Waals surface area contributed by atoms with Gasteiger partial charge in [-0.2, -0.15) is 13.2 Å². The lowest BCUT2D eigenvalue weighted by molar-refractivity contribution is -0.198. The molecule has 0 aromatic carbocycles. The quantitative estimate of drug-likeness (QED) is 0.842. The molecule has 1 saturated heterocycles. The first-order valence-corrected chi connectivity index (χ1v) is 9.15. The van der Waals surface area contributed by atoms with Crippen LogP contribution < -0.4 is 5.32 Å². The molecule has 1 heterocycles. The van der Waals surface area contributed by atoms with Crippen LogP contribution in [0.5, 0.6) is 0 Å². The Morgan fingerprint density at radius 3 is 2.45 bits per heavy atom. The number of nitrogens with zero attached hydrogens (tertiary/aromatic N) is 1. The van der Waals surface area contributed by atoms with Crippen LogP contribution in [0, 0.1) is 11.8 Å². The van der Waals surface area contributed by atoms with Gasteiger partial charge in [0, 0.05) is 25.6 Å². The van der Waals surface area contributed by atoms with Gasteiger partial charge >= 0.3 is 6.18 Å². The Balaban J connectivity index is 1.86. The highest BCUT2D eigenvalue weighted by Gasteiger charge is 2.47. The summed E-state index contributed by atoms with van der Waals surface area (Å²) in [6, 6.07) is 0. The number of halogens is 3. The van der Waals surface area contributed by atoms with Crippen molar-refractivity contribution in [1.82, 2.24) is 9.62 Å². The number of hydrogen-bond acceptors (Lipinski definition) is 3. The van der Waals surface area contributed by atoms with Crippen molar-refractivity contribution < 1.29 is 26.4 Å². The highest BCUT2D eigenvalue weighted by molar-refractivity contribution is 7.89. The Kier molecular flexibility index (Phi) is 5.37. The van der Waals surface area contributed by atoms with Crippen LogP contribution in [0.3, 0.4) is 0 Å². The number of nitrogens with one attached hydrogen (secondary N) is 1. The molecule has 1 aliphatic carbocycles. The maximum Gasteiger partial charge on any atom is 0.392 e. The molecule has 0 aromatic rings. The Bertz CT molecular complexity index is 507. The zero-order valence-corrected chi connectivity index (χ0v) is 13.0. The lowest BCUT2D eigenvalue weighted by Gasteiger charge is -2.32. The van der Waals surface area contributed by atoms with E-state index < -0.39 is 33.9 Å². The molecular formula is C13H21F3N2O3S. The standard InChI is InChI=1S/C13H21F3N2O3S/c14-13(15,16)11-5-2-1-4-10(11)12(19)17-6-8-18-7-3-9-22(18,20)21/h10-11H,1-9H2,(H,17,19). The van der Waals surface area contributed by atoms with Crippen LogP contribution in [0.15, 0.2) is 0 Å². The van der Waals surface area contributed by atoms with Crippen molar-refractivity contribution in [2.75, 3.05) is 25.4 Å². The van der Waals surface area contributed by atoms with Gasteiger partial charge in [-0.05, 0) is 19.3 Å². The first-order valence-electron chi connectivity index (χ1n) is 7.54. The maximum atomic E-state index is 13.0. The summed E-state index contributed by atoms with van der Waals surface area (Å²) < 4.78 is 63.3. The summed E-state index contributed by atoms with van der Waals surface area (Å²) in [5, 5.41) is 2.47. The first-order chi connectivity index (χ1) is 10.2. The minimum absolute atomic E-state index is 0.0118. The fraction of sp³-hybridized carbons (Fsp3) is 0.923. The van der Waals surface area contributed by atoms with Gasteiger partial charge in [-0.3, -0.25) is 4.79 Å². The Morgan fingerprint density at radius 1 is 1.18 bits per heavy atom. The number of sulfonamides is 1. The molecule has 2 unspecified atom stereocenters. The van der Waals surface area contributed by atoms with Crippen LogP contribution >= 0.6 is 0 Å². The van der Waals surface area contributed by atoms with Crippen molar-refractivity contribution in [3.63, 3.8) is 0 Å². The average Bonchev–Trinajstić information content (AvgIpc) is 2.77. The van der Waals surface area contributed by atoms with E-state index in [1.54, 1.807) is 0 Å². The molecule has 2 fully saturated rings. The van der Waals surface area contributed by atoms with Gasteiger partial charge in [0.2, 0.25) is 15.9 Å². The number of rotatable bonds is 4. The van der Waals surface area contributed by atoms with Crippen molar-refractivity contribution in [3.8, 4) is 0 Å². The second kappa shape index (κ2) is 6.74. The minimum atomic E-state index is -4.36. The van der Waals surface area contributed by atoms with E-state index in [-0.39, 0.29) is 31.7 Å². The van der Waals surface area contributed by atoms with E-state index in [4.69, 9.17) is 0 Å². The largest absolute Gasteiger partial charge is 0.392 e. The van der Waals surface area contributed by atoms with Gasteiger partial charge in [0.25, 0.3) is 0 Å². The second-order valence-corrected chi connectivity index (χ2v) is 7.99. The normalized spacial score (nSPS) is 29.4. The molecule has 0 aromatic heterocycles. The Morgan fingerprint density at radius 2 is 1.86 bits per heavy atom. The van der Waals surface area contributed by atoms with Gasteiger partial charge in [-0.25, -0.2) is 12.7 Å². The molecule has 5 nitrogen and oxygen atoms in total. The molecule has 0 radical (unpaired) electrons. The molecule has 22 heavy (non-hydrogen) atoms. The molecule has 1 amide bonds. The number of carbonyl (C=O) groups excluding carboxylic acids is 1. The third kappa shape index (κ3) is 4.13. The van der Waals surface area contributed by atoms with Crippen molar-refractivity contribution in [2.24, 2.45) is 11.8 Å². The van der Waals surface area contributed by atoms with E-state index in [9.17, 15) is 26.4 Å². The topological polar surface area (TPSA) is 66.5 Å². The Hall–Kier alpha value is -0.830. The highest BCUT2D eigenvalue weighted by Crippen LogP contribution is 2.41. The molecule has 2 atom stereocenters. The van der Waals surface area contributed by atoms with Crippen LogP contribution in [-0.2, 0) is 14.8 Å². The molecule has 1 aliphatic heterocycles. The summed E-state index contributed by atoms with van der Waals surface area (Å²) in [6.45, 7) is 0.587. The van der Waals surface area contributed by atoms with E-state index in [0.717, 1.165) is 0 Å². The molecule has 0 spiro atoms. The molecule has 0 bridgehead atoms. The zero-order chi connectivity index (χ0) is 16.4. The van der Waals surface area contributed by atoms with Crippen molar-refractivity contribution in [2.45, 2.75) is 38.3 Å². The third-order valence-corrected chi connectivity index (χ3v) is 6.34. The first kappa shape index (κ1) is 17.5. The molecule has 128 valence electrons. The maximum absolute atomic E-state index is 13.0. The highest BCUT2D eigenvalue weighted by atomic mass is 32.2. The van der Waals surface area contributed by atoms with Gasteiger partial charge in [0.1, 0.15) is 0 Å². The zero-order valence-electron chi connectivity index (χ0n) is 12.2. The second-order valence-electron chi connectivity index (χ2n) is 5.90. The number of amides is 1.